The molecule has 2 unspecified atom stereocenters. The van der Waals surface area contributed by atoms with E-state index in [1.807, 2.05) is 0 Å². The minimum Gasteiger partial charge on any atom is -0.378 e. The van der Waals surface area contributed by atoms with Crippen molar-refractivity contribution < 1.29 is 9.47 Å². The molecule has 0 bridgehead atoms. The molecule has 0 radical (unpaired) electrons. The molecule has 0 spiro atoms. The highest BCUT2D eigenvalue weighted by Crippen LogP contribution is 2.26. The molecule has 0 saturated heterocycles. The largest absolute Gasteiger partial charge is 0.378 e. The van der Waals surface area contributed by atoms with Gasteiger partial charge in [0.1, 0.15) is 0 Å². The summed E-state index contributed by atoms with van der Waals surface area (Å²) in [5, 5.41) is 0. The molecule has 2 fully saturated rings. The van der Waals surface area contributed by atoms with Gasteiger partial charge in [-0.25, -0.2) is 0 Å². The van der Waals surface area contributed by atoms with E-state index in [-0.39, 0.29) is 0 Å². The van der Waals surface area contributed by atoms with Crippen LogP contribution in [0.2, 0.25) is 0 Å². The van der Waals surface area contributed by atoms with Gasteiger partial charge in [0.15, 0.2) is 0 Å². The first-order valence-electron chi connectivity index (χ1n) is 11.1. The standard InChI is InChI=1S/C22H42O2/c1-3-19(18-23-21-13-9-5-6-10-14-21)17-20(4-2)24-22-15-11-7-8-12-16-22/h19-22H,3-18H2,1-2H3. The predicted octanol–water partition coefficient (Wildman–Crippen LogP) is 6.66. The topological polar surface area (TPSA) is 18.5 Å². The molecule has 2 nitrogen and oxygen atoms in total. The van der Waals surface area contributed by atoms with Crippen molar-refractivity contribution in [2.75, 3.05) is 6.61 Å². The van der Waals surface area contributed by atoms with Gasteiger partial charge in [-0.05, 0) is 44.4 Å². The molecule has 0 amide bonds. The van der Waals surface area contributed by atoms with Crippen LogP contribution in [0.5, 0.6) is 0 Å². The second-order valence-corrected chi connectivity index (χ2v) is 8.24. The molecule has 0 aromatic carbocycles. The Morgan fingerprint density at radius 1 is 0.708 bits per heavy atom. The maximum atomic E-state index is 6.51. The average molecular weight is 339 g/mol. The minimum absolute atomic E-state index is 0.441. The molecule has 2 aliphatic rings. The van der Waals surface area contributed by atoms with Crippen LogP contribution in [0, 0.1) is 5.92 Å². The first kappa shape index (κ1) is 20.2. The third-order valence-corrected chi connectivity index (χ3v) is 6.19. The highest BCUT2D eigenvalue weighted by molar-refractivity contribution is 4.71. The Hall–Kier alpha value is -0.0800. The average Bonchev–Trinajstić information content (AvgIpc) is 3.02. The highest BCUT2D eigenvalue weighted by atomic mass is 16.5. The third kappa shape index (κ3) is 7.87. The fourth-order valence-electron chi connectivity index (χ4n) is 4.37. The molecule has 142 valence electrons. The summed E-state index contributed by atoms with van der Waals surface area (Å²) in [7, 11) is 0. The zero-order chi connectivity index (χ0) is 17.0. The van der Waals surface area contributed by atoms with Crippen molar-refractivity contribution in [3.05, 3.63) is 0 Å². The monoisotopic (exact) mass is 338 g/mol. The summed E-state index contributed by atoms with van der Waals surface area (Å²) in [6, 6.07) is 0. The first-order valence-corrected chi connectivity index (χ1v) is 11.1. The molecule has 0 heterocycles. The van der Waals surface area contributed by atoms with Crippen molar-refractivity contribution in [2.45, 2.75) is 128 Å². The van der Waals surface area contributed by atoms with Gasteiger partial charge in [-0.2, -0.15) is 0 Å². The molecule has 2 rings (SSSR count). The van der Waals surface area contributed by atoms with Crippen LogP contribution in [0.3, 0.4) is 0 Å². The van der Waals surface area contributed by atoms with Crippen molar-refractivity contribution in [1.29, 1.82) is 0 Å². The Morgan fingerprint density at radius 2 is 1.25 bits per heavy atom. The Bertz CT molecular complexity index is 288. The summed E-state index contributed by atoms with van der Waals surface area (Å²) in [6.45, 7) is 5.56. The zero-order valence-corrected chi connectivity index (χ0v) is 16.4. The van der Waals surface area contributed by atoms with Crippen LogP contribution in [0.1, 0.15) is 110 Å². The summed E-state index contributed by atoms with van der Waals surface area (Å²) in [5.41, 5.74) is 0. The summed E-state index contributed by atoms with van der Waals surface area (Å²) < 4.78 is 12.8. The molecule has 0 N–H and O–H groups in total. The van der Waals surface area contributed by atoms with Crippen molar-refractivity contribution in [3.8, 4) is 0 Å². The van der Waals surface area contributed by atoms with Gasteiger partial charge in [0.05, 0.1) is 18.3 Å². The number of hydrogen-bond acceptors (Lipinski definition) is 2. The summed E-state index contributed by atoms with van der Waals surface area (Å²) in [6.07, 6.45) is 21.3. The van der Waals surface area contributed by atoms with E-state index in [0.717, 1.165) is 13.0 Å². The zero-order valence-electron chi connectivity index (χ0n) is 16.4. The third-order valence-electron chi connectivity index (χ3n) is 6.19. The number of ether oxygens (including phenoxy) is 2. The lowest BCUT2D eigenvalue weighted by Crippen LogP contribution is -2.26. The van der Waals surface area contributed by atoms with Gasteiger partial charge in [-0.3, -0.25) is 0 Å². The van der Waals surface area contributed by atoms with E-state index < -0.39 is 0 Å². The van der Waals surface area contributed by atoms with Crippen LogP contribution in [-0.2, 0) is 9.47 Å². The van der Waals surface area contributed by atoms with Crippen LogP contribution in [-0.4, -0.2) is 24.9 Å². The van der Waals surface area contributed by atoms with E-state index in [1.54, 1.807) is 0 Å². The van der Waals surface area contributed by atoms with Gasteiger partial charge in [-0.15, -0.1) is 0 Å². The number of rotatable bonds is 9. The van der Waals surface area contributed by atoms with Crippen LogP contribution in [0.25, 0.3) is 0 Å². The molecule has 0 aromatic rings. The van der Waals surface area contributed by atoms with E-state index in [0.29, 0.717) is 24.2 Å². The first-order chi connectivity index (χ1) is 11.8. The predicted molar refractivity (Wildman–Crippen MR) is 102 cm³/mol. The van der Waals surface area contributed by atoms with Gasteiger partial charge in [0, 0.05) is 6.61 Å². The van der Waals surface area contributed by atoms with Gasteiger partial charge in [0.25, 0.3) is 0 Å². The lowest BCUT2D eigenvalue weighted by Gasteiger charge is -2.27. The lowest BCUT2D eigenvalue weighted by molar-refractivity contribution is -0.0463. The van der Waals surface area contributed by atoms with Crippen molar-refractivity contribution >= 4 is 0 Å². The fraction of sp³-hybridized carbons (Fsp3) is 1.00. The Morgan fingerprint density at radius 3 is 1.75 bits per heavy atom. The van der Waals surface area contributed by atoms with Gasteiger partial charge < -0.3 is 9.47 Å². The SMILES string of the molecule is CCC(COC1CCCCCC1)CC(CC)OC1CCCCCC1. The van der Waals surface area contributed by atoms with Gasteiger partial charge in [-0.1, -0.05) is 71.6 Å². The smallest absolute Gasteiger partial charge is 0.0579 e. The molecule has 2 atom stereocenters. The Balaban J connectivity index is 1.71. The number of hydrogen-bond donors (Lipinski definition) is 0. The Labute approximate surface area is 151 Å². The van der Waals surface area contributed by atoms with Crippen molar-refractivity contribution in [3.63, 3.8) is 0 Å². The fourth-order valence-corrected chi connectivity index (χ4v) is 4.37. The maximum absolute atomic E-state index is 6.51. The van der Waals surface area contributed by atoms with Gasteiger partial charge >= 0.3 is 0 Å². The van der Waals surface area contributed by atoms with E-state index in [2.05, 4.69) is 13.8 Å². The second-order valence-electron chi connectivity index (χ2n) is 8.24. The Kier molecular flexibility index (Phi) is 10.4. The summed E-state index contributed by atoms with van der Waals surface area (Å²) >= 11 is 0. The van der Waals surface area contributed by atoms with Crippen LogP contribution in [0.4, 0.5) is 0 Å². The van der Waals surface area contributed by atoms with Crippen LogP contribution in [0.15, 0.2) is 0 Å². The van der Waals surface area contributed by atoms with E-state index in [4.69, 9.17) is 9.47 Å². The molecular weight excluding hydrogens is 296 g/mol. The van der Waals surface area contributed by atoms with Gasteiger partial charge in [0.2, 0.25) is 0 Å². The highest BCUT2D eigenvalue weighted by Gasteiger charge is 2.21. The molecular formula is C22H42O2. The van der Waals surface area contributed by atoms with Crippen molar-refractivity contribution in [1.82, 2.24) is 0 Å². The van der Waals surface area contributed by atoms with Crippen LogP contribution >= 0.6 is 0 Å². The molecule has 2 saturated carbocycles. The second kappa shape index (κ2) is 12.3. The van der Waals surface area contributed by atoms with Crippen molar-refractivity contribution in [2.24, 2.45) is 5.92 Å². The molecule has 24 heavy (non-hydrogen) atoms. The van der Waals surface area contributed by atoms with E-state index >= 15 is 0 Å². The quantitative estimate of drug-likeness (QED) is 0.438. The van der Waals surface area contributed by atoms with E-state index in [9.17, 15) is 0 Å². The minimum atomic E-state index is 0.441. The summed E-state index contributed by atoms with van der Waals surface area (Å²) in [4.78, 5) is 0. The molecule has 2 aliphatic carbocycles. The lowest BCUT2D eigenvalue weighted by atomic mass is 9.97. The molecule has 0 aliphatic heterocycles. The van der Waals surface area contributed by atoms with E-state index in [1.165, 1.54) is 89.9 Å². The normalized spacial score (nSPS) is 24.2. The van der Waals surface area contributed by atoms with Crippen LogP contribution < -0.4 is 0 Å². The summed E-state index contributed by atoms with van der Waals surface area (Å²) in [5.74, 6) is 0.670. The maximum Gasteiger partial charge on any atom is 0.0579 e. The molecule has 2 heteroatoms. The molecule has 0 aromatic heterocycles.